The smallest absolute Gasteiger partial charge is 0.158 e. The lowest BCUT2D eigenvalue weighted by Gasteiger charge is -2.20. The highest BCUT2D eigenvalue weighted by Gasteiger charge is 2.15. The third kappa shape index (κ3) is 5.82. The Labute approximate surface area is 126 Å². The topological polar surface area (TPSA) is 105 Å². The van der Waals surface area contributed by atoms with Crippen molar-refractivity contribution in [2.75, 3.05) is 23.9 Å². The van der Waals surface area contributed by atoms with Crippen molar-refractivity contribution in [3.63, 3.8) is 0 Å². The van der Waals surface area contributed by atoms with Gasteiger partial charge in [0.25, 0.3) is 0 Å². The molecule has 0 radical (unpaired) electrons. The van der Waals surface area contributed by atoms with Crippen LogP contribution in [0.2, 0.25) is 0 Å². The SMILES string of the molecule is CCOCc1nc(NN)cc(NCC(O)C(CC)CC)n1. The first-order valence-corrected chi connectivity index (χ1v) is 7.48. The van der Waals surface area contributed by atoms with E-state index in [1.807, 2.05) is 6.92 Å². The van der Waals surface area contributed by atoms with E-state index in [1.165, 1.54) is 0 Å². The van der Waals surface area contributed by atoms with Gasteiger partial charge in [-0.15, -0.1) is 0 Å². The lowest BCUT2D eigenvalue weighted by atomic mass is 9.97. The van der Waals surface area contributed by atoms with Crippen molar-refractivity contribution in [1.82, 2.24) is 9.97 Å². The lowest BCUT2D eigenvalue weighted by molar-refractivity contribution is 0.114. The molecule has 0 aliphatic heterocycles. The van der Waals surface area contributed by atoms with Gasteiger partial charge >= 0.3 is 0 Å². The van der Waals surface area contributed by atoms with Crippen LogP contribution in [0.3, 0.4) is 0 Å². The van der Waals surface area contributed by atoms with Gasteiger partial charge in [-0.2, -0.15) is 0 Å². The highest BCUT2D eigenvalue weighted by atomic mass is 16.5. The third-order valence-electron chi connectivity index (χ3n) is 3.44. The molecule has 1 unspecified atom stereocenters. The van der Waals surface area contributed by atoms with E-state index in [0.717, 1.165) is 12.8 Å². The van der Waals surface area contributed by atoms with E-state index in [-0.39, 0.29) is 5.92 Å². The maximum absolute atomic E-state index is 10.1. The Morgan fingerprint density at radius 1 is 1.24 bits per heavy atom. The molecular formula is C14H27N5O2. The minimum absolute atomic E-state index is 0.286. The molecule has 1 atom stereocenters. The molecule has 0 amide bonds. The average Bonchev–Trinajstić information content (AvgIpc) is 2.51. The minimum atomic E-state index is -0.403. The molecule has 1 heterocycles. The maximum atomic E-state index is 10.1. The Balaban J connectivity index is 2.68. The first kappa shape index (κ1) is 17.6. The van der Waals surface area contributed by atoms with Crippen LogP contribution in [0.15, 0.2) is 6.07 Å². The Kier molecular flexibility index (Phi) is 7.96. The van der Waals surface area contributed by atoms with Crippen LogP contribution in [0.25, 0.3) is 0 Å². The normalized spacial score (nSPS) is 12.5. The van der Waals surface area contributed by atoms with Crippen LogP contribution in [0.5, 0.6) is 0 Å². The number of hydrazine groups is 1. The van der Waals surface area contributed by atoms with Crippen molar-refractivity contribution >= 4 is 11.6 Å². The van der Waals surface area contributed by atoms with Gasteiger partial charge < -0.3 is 20.6 Å². The third-order valence-corrected chi connectivity index (χ3v) is 3.44. The van der Waals surface area contributed by atoms with Crippen molar-refractivity contribution in [1.29, 1.82) is 0 Å². The molecule has 0 bridgehead atoms. The summed E-state index contributed by atoms with van der Waals surface area (Å²) < 4.78 is 5.30. The number of nitrogens with one attached hydrogen (secondary N) is 2. The Hall–Kier alpha value is -1.44. The highest BCUT2D eigenvalue weighted by molar-refractivity contribution is 5.46. The summed E-state index contributed by atoms with van der Waals surface area (Å²) in [6.07, 6.45) is 1.50. The molecule has 0 spiro atoms. The second-order valence-corrected chi connectivity index (χ2v) is 4.86. The van der Waals surface area contributed by atoms with Gasteiger partial charge in [0, 0.05) is 19.2 Å². The van der Waals surface area contributed by atoms with Crippen LogP contribution in [0, 0.1) is 5.92 Å². The summed E-state index contributed by atoms with van der Waals surface area (Å²) in [7, 11) is 0. The summed E-state index contributed by atoms with van der Waals surface area (Å²) in [5.41, 5.74) is 2.51. The lowest BCUT2D eigenvalue weighted by Crippen LogP contribution is -2.28. The van der Waals surface area contributed by atoms with Gasteiger partial charge in [-0.05, 0) is 12.8 Å². The van der Waals surface area contributed by atoms with Crippen LogP contribution in [0.4, 0.5) is 11.6 Å². The van der Waals surface area contributed by atoms with Crippen LogP contribution in [-0.4, -0.2) is 34.3 Å². The molecule has 0 aromatic carbocycles. The Morgan fingerprint density at radius 2 is 1.90 bits per heavy atom. The average molecular weight is 297 g/mol. The molecule has 120 valence electrons. The molecule has 0 saturated heterocycles. The first-order chi connectivity index (χ1) is 10.1. The number of rotatable bonds is 10. The molecule has 7 nitrogen and oxygen atoms in total. The van der Waals surface area contributed by atoms with E-state index in [2.05, 4.69) is 34.6 Å². The summed E-state index contributed by atoms with van der Waals surface area (Å²) in [6, 6.07) is 1.70. The van der Waals surface area contributed by atoms with Gasteiger partial charge in [-0.1, -0.05) is 26.7 Å². The Morgan fingerprint density at radius 3 is 2.48 bits per heavy atom. The predicted octanol–water partition coefficient (Wildman–Crippen LogP) is 1.51. The van der Waals surface area contributed by atoms with Crippen molar-refractivity contribution < 1.29 is 9.84 Å². The number of hydrogen-bond acceptors (Lipinski definition) is 7. The quantitative estimate of drug-likeness (QED) is 0.383. The van der Waals surface area contributed by atoms with E-state index in [1.54, 1.807) is 6.07 Å². The van der Waals surface area contributed by atoms with Crippen molar-refractivity contribution in [3.8, 4) is 0 Å². The molecule has 21 heavy (non-hydrogen) atoms. The molecule has 1 rings (SSSR count). The van der Waals surface area contributed by atoms with Gasteiger partial charge in [-0.3, -0.25) is 0 Å². The first-order valence-electron chi connectivity index (χ1n) is 7.48. The number of ether oxygens (including phenoxy) is 1. The van der Waals surface area contributed by atoms with E-state index >= 15 is 0 Å². The van der Waals surface area contributed by atoms with Crippen molar-refractivity contribution in [2.45, 2.75) is 46.3 Å². The number of nitrogens with two attached hydrogens (primary N) is 1. The van der Waals surface area contributed by atoms with Crippen LogP contribution < -0.4 is 16.6 Å². The number of nitrogen functional groups attached to an aromatic ring is 1. The van der Waals surface area contributed by atoms with Gasteiger partial charge in [0.1, 0.15) is 18.2 Å². The number of aliphatic hydroxyl groups is 1. The summed E-state index contributed by atoms with van der Waals surface area (Å²) in [4.78, 5) is 8.56. The van der Waals surface area contributed by atoms with Crippen molar-refractivity contribution in [3.05, 3.63) is 11.9 Å². The zero-order chi connectivity index (χ0) is 15.7. The molecule has 0 aliphatic carbocycles. The van der Waals surface area contributed by atoms with E-state index in [0.29, 0.717) is 37.2 Å². The van der Waals surface area contributed by atoms with Crippen LogP contribution >= 0.6 is 0 Å². The minimum Gasteiger partial charge on any atom is -0.391 e. The summed E-state index contributed by atoms with van der Waals surface area (Å²) in [5, 5.41) is 13.3. The molecule has 1 aromatic rings. The van der Waals surface area contributed by atoms with Gasteiger partial charge in [0.15, 0.2) is 5.82 Å². The zero-order valence-electron chi connectivity index (χ0n) is 13.1. The second kappa shape index (κ2) is 9.49. The van der Waals surface area contributed by atoms with E-state index < -0.39 is 6.10 Å². The van der Waals surface area contributed by atoms with Crippen molar-refractivity contribution in [2.24, 2.45) is 11.8 Å². The molecule has 1 aromatic heterocycles. The zero-order valence-corrected chi connectivity index (χ0v) is 13.1. The van der Waals surface area contributed by atoms with E-state index in [4.69, 9.17) is 10.6 Å². The predicted molar refractivity (Wildman–Crippen MR) is 83.7 cm³/mol. The summed E-state index contributed by atoms with van der Waals surface area (Å²) in [5.74, 6) is 7.38. The molecule has 0 saturated carbocycles. The molecule has 7 heteroatoms. The van der Waals surface area contributed by atoms with Crippen LogP contribution in [0.1, 0.15) is 39.4 Å². The molecule has 0 fully saturated rings. The largest absolute Gasteiger partial charge is 0.391 e. The fourth-order valence-corrected chi connectivity index (χ4v) is 2.13. The van der Waals surface area contributed by atoms with Crippen LogP contribution in [-0.2, 0) is 11.3 Å². The van der Waals surface area contributed by atoms with E-state index in [9.17, 15) is 5.11 Å². The number of nitrogens with zero attached hydrogens (tertiary/aromatic N) is 2. The molecule has 0 aliphatic rings. The molecular weight excluding hydrogens is 270 g/mol. The van der Waals surface area contributed by atoms with Gasteiger partial charge in [-0.25, -0.2) is 15.8 Å². The Bertz CT molecular complexity index is 412. The highest BCUT2D eigenvalue weighted by Crippen LogP contribution is 2.15. The standard InChI is InChI=1S/C14H27N5O2/c1-4-10(5-2)11(20)8-16-12-7-13(19-15)18-14(17-12)9-21-6-3/h7,10-11,20H,4-6,8-9,15H2,1-3H3,(H2,16,17,18,19). The number of anilines is 2. The maximum Gasteiger partial charge on any atom is 0.158 e. The number of aliphatic hydroxyl groups excluding tert-OH is 1. The summed E-state index contributed by atoms with van der Waals surface area (Å²) >= 11 is 0. The number of hydrogen-bond donors (Lipinski definition) is 4. The fourth-order valence-electron chi connectivity index (χ4n) is 2.13. The summed E-state index contributed by atoms with van der Waals surface area (Å²) in [6.45, 7) is 7.45. The molecule has 5 N–H and O–H groups in total. The second-order valence-electron chi connectivity index (χ2n) is 4.86. The van der Waals surface area contributed by atoms with Gasteiger partial charge in [0.05, 0.1) is 6.10 Å². The number of aromatic nitrogens is 2. The monoisotopic (exact) mass is 297 g/mol. The van der Waals surface area contributed by atoms with Gasteiger partial charge in [0.2, 0.25) is 0 Å². The fraction of sp³-hybridized carbons (Fsp3) is 0.714.